The van der Waals surface area contributed by atoms with Crippen LogP contribution in [0.2, 0.25) is 0 Å². The van der Waals surface area contributed by atoms with Crippen LogP contribution in [0.3, 0.4) is 0 Å². The third kappa shape index (κ3) is 7.94. The van der Waals surface area contributed by atoms with Gasteiger partial charge in [0.2, 0.25) is 5.91 Å². The molecule has 0 bridgehead atoms. The van der Waals surface area contributed by atoms with Crippen molar-refractivity contribution in [2.45, 2.75) is 26.5 Å². The topological polar surface area (TPSA) is 129 Å². The SMILES string of the molecule is COCc1ccc(C)cc1N1C(=O)CSC1=NC(=O)Nc1ccc(OCc2ncn(-c3ccc(OC(F)(F)F)cc3)n2)cc1OC. The van der Waals surface area contributed by atoms with Crippen molar-refractivity contribution in [3.63, 3.8) is 0 Å². The van der Waals surface area contributed by atoms with Crippen molar-refractivity contribution >= 4 is 40.2 Å². The number of halogens is 3. The van der Waals surface area contributed by atoms with Crippen molar-refractivity contribution < 1.29 is 41.7 Å². The third-order valence-electron chi connectivity index (χ3n) is 6.40. The van der Waals surface area contributed by atoms with Crippen LogP contribution in [-0.4, -0.2) is 58.2 Å². The minimum Gasteiger partial charge on any atom is -0.494 e. The molecule has 16 heteroatoms. The van der Waals surface area contributed by atoms with Crippen LogP contribution >= 0.6 is 11.8 Å². The third-order valence-corrected chi connectivity index (χ3v) is 7.32. The van der Waals surface area contributed by atoms with Gasteiger partial charge in [-0.25, -0.2) is 14.5 Å². The fraction of sp³-hybridized carbons (Fsp3) is 0.233. The van der Waals surface area contributed by atoms with Gasteiger partial charge < -0.3 is 24.3 Å². The summed E-state index contributed by atoms with van der Waals surface area (Å²) in [6, 6.07) is 14.8. The number of aryl methyl sites for hydroxylation is 1. The van der Waals surface area contributed by atoms with E-state index in [0.717, 1.165) is 22.9 Å². The van der Waals surface area contributed by atoms with Gasteiger partial charge in [0.25, 0.3) is 0 Å². The highest BCUT2D eigenvalue weighted by atomic mass is 32.2. The molecule has 0 spiro atoms. The molecule has 0 atom stereocenters. The van der Waals surface area contributed by atoms with Gasteiger partial charge in [-0.05, 0) is 55.0 Å². The number of hydrogen-bond donors (Lipinski definition) is 1. The Morgan fingerprint density at radius 3 is 2.52 bits per heavy atom. The summed E-state index contributed by atoms with van der Waals surface area (Å²) in [5, 5.41) is 7.20. The summed E-state index contributed by atoms with van der Waals surface area (Å²) >= 11 is 1.16. The molecule has 1 aliphatic rings. The lowest BCUT2D eigenvalue weighted by molar-refractivity contribution is -0.274. The van der Waals surface area contributed by atoms with E-state index < -0.39 is 12.4 Å². The zero-order valence-corrected chi connectivity index (χ0v) is 25.5. The number of aromatic nitrogens is 3. The number of ether oxygens (including phenoxy) is 4. The number of nitrogens with one attached hydrogen (secondary N) is 1. The number of thioether (sulfide) groups is 1. The smallest absolute Gasteiger partial charge is 0.494 e. The van der Waals surface area contributed by atoms with Gasteiger partial charge in [0.1, 0.15) is 30.2 Å². The van der Waals surface area contributed by atoms with E-state index in [-0.39, 0.29) is 35.8 Å². The first-order valence-electron chi connectivity index (χ1n) is 13.5. The molecule has 1 aromatic heterocycles. The molecule has 1 saturated heterocycles. The summed E-state index contributed by atoms with van der Waals surface area (Å²) in [7, 11) is 2.99. The summed E-state index contributed by atoms with van der Waals surface area (Å²) in [5.41, 5.74) is 3.12. The van der Waals surface area contributed by atoms with Gasteiger partial charge in [0, 0.05) is 18.7 Å². The Balaban J connectivity index is 1.23. The average Bonchev–Trinajstić information content (AvgIpc) is 3.63. The maximum atomic E-state index is 13.0. The summed E-state index contributed by atoms with van der Waals surface area (Å²) in [5.74, 6) is 0.565. The van der Waals surface area contributed by atoms with Crippen molar-refractivity contribution in [3.8, 4) is 22.9 Å². The highest BCUT2D eigenvalue weighted by molar-refractivity contribution is 8.15. The van der Waals surface area contributed by atoms with E-state index in [4.69, 9.17) is 14.2 Å². The van der Waals surface area contributed by atoms with Crippen LogP contribution in [0.25, 0.3) is 5.69 Å². The van der Waals surface area contributed by atoms with Crippen LogP contribution < -0.4 is 24.4 Å². The zero-order valence-electron chi connectivity index (χ0n) is 24.7. The number of urea groups is 1. The highest BCUT2D eigenvalue weighted by Gasteiger charge is 2.32. The molecule has 3 amide bonds. The number of carbonyl (C=O) groups excluding carboxylic acids is 2. The lowest BCUT2D eigenvalue weighted by Crippen LogP contribution is -2.31. The second-order valence-corrected chi connectivity index (χ2v) is 10.6. The van der Waals surface area contributed by atoms with Crippen molar-refractivity contribution in [1.82, 2.24) is 14.8 Å². The van der Waals surface area contributed by atoms with E-state index in [1.54, 1.807) is 25.3 Å². The fourth-order valence-electron chi connectivity index (χ4n) is 4.37. The Kier molecular flexibility index (Phi) is 9.77. The maximum absolute atomic E-state index is 13.0. The molecule has 0 aliphatic carbocycles. The maximum Gasteiger partial charge on any atom is 0.573 e. The molecule has 1 aliphatic heterocycles. The molecule has 0 saturated carbocycles. The number of nitrogens with zero attached hydrogens (tertiary/aromatic N) is 5. The number of rotatable bonds is 10. The molecule has 12 nitrogen and oxygen atoms in total. The Morgan fingerprint density at radius 2 is 1.80 bits per heavy atom. The summed E-state index contributed by atoms with van der Waals surface area (Å²) in [4.78, 5) is 35.5. The molecular weight excluding hydrogens is 629 g/mol. The van der Waals surface area contributed by atoms with Gasteiger partial charge in [-0.1, -0.05) is 23.9 Å². The van der Waals surface area contributed by atoms with Crippen molar-refractivity contribution in [2.75, 3.05) is 30.2 Å². The predicted octanol–water partition coefficient (Wildman–Crippen LogP) is 5.88. The minimum absolute atomic E-state index is 0.0319. The molecule has 2 heterocycles. The lowest BCUT2D eigenvalue weighted by atomic mass is 10.1. The number of carbonyl (C=O) groups is 2. The molecule has 4 aromatic rings. The van der Waals surface area contributed by atoms with E-state index >= 15 is 0 Å². The van der Waals surface area contributed by atoms with Crippen LogP contribution in [0.4, 0.5) is 29.3 Å². The Labute approximate surface area is 265 Å². The standard InChI is InChI=1S/C30H27F3N6O6S/c1-18-4-5-19(14-42-2)24(12-18)39-27(40)16-46-29(39)36-28(41)35-23-11-10-22(13-25(23)43-3)44-15-26-34-17-38(37-26)20-6-8-21(9-7-20)45-30(31,32)33/h4-13,17H,14-16H2,1-3H3,(H,35,41). The number of benzene rings is 3. The van der Waals surface area contributed by atoms with Crippen molar-refractivity contribution in [1.29, 1.82) is 0 Å². The second kappa shape index (κ2) is 13.9. The van der Waals surface area contributed by atoms with E-state index in [1.807, 2.05) is 25.1 Å². The van der Waals surface area contributed by atoms with Gasteiger partial charge in [0.05, 0.1) is 36.5 Å². The van der Waals surface area contributed by atoms with Crippen LogP contribution in [0, 0.1) is 6.92 Å². The van der Waals surface area contributed by atoms with E-state index in [9.17, 15) is 22.8 Å². The number of methoxy groups -OCH3 is 2. The van der Waals surface area contributed by atoms with Gasteiger partial charge in [-0.2, -0.15) is 4.99 Å². The van der Waals surface area contributed by atoms with Crippen LogP contribution in [0.5, 0.6) is 17.2 Å². The number of hydrogen-bond acceptors (Lipinski definition) is 9. The molecule has 5 rings (SSSR count). The quantitative estimate of drug-likeness (QED) is 0.223. The highest BCUT2D eigenvalue weighted by Crippen LogP contribution is 2.33. The van der Waals surface area contributed by atoms with Gasteiger partial charge in [-0.15, -0.1) is 18.3 Å². The first-order chi connectivity index (χ1) is 22.0. The van der Waals surface area contributed by atoms with Crippen LogP contribution in [-0.2, 0) is 22.7 Å². The van der Waals surface area contributed by atoms with Crippen molar-refractivity contribution in [2.24, 2.45) is 4.99 Å². The van der Waals surface area contributed by atoms with E-state index in [2.05, 4.69) is 25.1 Å². The number of amides is 3. The first kappa shape index (κ1) is 32.3. The first-order valence-corrected chi connectivity index (χ1v) is 14.5. The Morgan fingerprint density at radius 1 is 1.04 bits per heavy atom. The lowest BCUT2D eigenvalue weighted by Gasteiger charge is -2.20. The number of alkyl halides is 3. The number of aliphatic imine (C=N–C) groups is 1. The molecule has 1 fully saturated rings. The fourth-order valence-corrected chi connectivity index (χ4v) is 5.23. The largest absolute Gasteiger partial charge is 0.573 e. The summed E-state index contributed by atoms with van der Waals surface area (Å²) < 4.78 is 59.0. The number of anilines is 2. The van der Waals surface area contributed by atoms with Gasteiger partial charge >= 0.3 is 12.4 Å². The van der Waals surface area contributed by atoms with Gasteiger partial charge in [0.15, 0.2) is 11.0 Å². The summed E-state index contributed by atoms with van der Waals surface area (Å²) in [6.45, 7) is 2.16. The molecular formula is C30H27F3N6O6S. The second-order valence-electron chi connectivity index (χ2n) is 9.71. The minimum atomic E-state index is -4.78. The zero-order chi connectivity index (χ0) is 32.8. The molecule has 0 unspecified atom stereocenters. The van der Waals surface area contributed by atoms with E-state index in [0.29, 0.717) is 34.4 Å². The molecule has 46 heavy (non-hydrogen) atoms. The monoisotopic (exact) mass is 656 g/mol. The van der Waals surface area contributed by atoms with Crippen LogP contribution in [0.15, 0.2) is 72.0 Å². The van der Waals surface area contributed by atoms with Gasteiger partial charge in [-0.3, -0.25) is 9.69 Å². The average molecular weight is 657 g/mol. The normalized spacial score (nSPS) is 14.1. The van der Waals surface area contributed by atoms with Crippen molar-refractivity contribution in [3.05, 3.63) is 83.9 Å². The molecule has 0 radical (unpaired) electrons. The predicted molar refractivity (Wildman–Crippen MR) is 164 cm³/mol. The molecule has 240 valence electrons. The summed E-state index contributed by atoms with van der Waals surface area (Å²) in [6.07, 6.45) is -3.39. The Hall–Kier alpha value is -5.09. The van der Waals surface area contributed by atoms with Crippen LogP contribution in [0.1, 0.15) is 17.0 Å². The molecule has 3 aromatic carbocycles. The van der Waals surface area contributed by atoms with E-state index in [1.165, 1.54) is 47.3 Å². The molecule has 1 N–H and O–H groups in total. The Bertz CT molecular complexity index is 1760. The number of amidine groups is 1.